The van der Waals surface area contributed by atoms with E-state index in [0.717, 1.165) is 38.5 Å². The Morgan fingerprint density at radius 1 is 0.593 bits per heavy atom. The number of phosphoric acid groups is 1. The van der Waals surface area contributed by atoms with Crippen LogP contribution < -0.4 is 11.1 Å². The maximum absolute atomic E-state index is 12.8. The summed E-state index contributed by atoms with van der Waals surface area (Å²) in [6, 6.07) is -0.860. The maximum atomic E-state index is 12.8. The molecule has 0 bridgehead atoms. The van der Waals surface area contributed by atoms with Crippen LogP contribution in [0.5, 0.6) is 0 Å². The molecule has 0 saturated heterocycles. The second-order valence-corrected chi connectivity index (χ2v) is 17.1. The van der Waals surface area contributed by atoms with Crippen molar-refractivity contribution in [1.82, 2.24) is 5.32 Å². The molecule has 8 nitrogen and oxygen atoms in total. The van der Waals surface area contributed by atoms with E-state index in [-0.39, 0.29) is 25.7 Å². The Labute approximate surface area is 334 Å². The second kappa shape index (κ2) is 41.6. The molecule has 0 aliphatic carbocycles. The average molecular weight is 785 g/mol. The van der Waals surface area contributed by atoms with E-state index < -0.39 is 20.0 Å². The van der Waals surface area contributed by atoms with Crippen molar-refractivity contribution in [2.24, 2.45) is 5.73 Å². The number of carbonyl (C=O) groups excluding carboxylic acids is 1. The second-order valence-electron chi connectivity index (χ2n) is 15.6. The number of nitrogens with two attached hydrogens (primary N) is 1. The predicted molar refractivity (Wildman–Crippen MR) is 231 cm³/mol. The van der Waals surface area contributed by atoms with Gasteiger partial charge in [0.05, 0.1) is 25.4 Å². The van der Waals surface area contributed by atoms with Crippen molar-refractivity contribution < 1.29 is 28.4 Å². The number of phosphoric ester groups is 1. The number of hydrogen-bond donors (Lipinski definition) is 4. The summed E-state index contributed by atoms with van der Waals surface area (Å²) in [7, 11) is -4.34. The van der Waals surface area contributed by atoms with Crippen LogP contribution in [0.25, 0.3) is 0 Å². The first-order valence-corrected chi connectivity index (χ1v) is 24.5. The predicted octanol–water partition coefficient (Wildman–Crippen LogP) is 12.9. The van der Waals surface area contributed by atoms with Gasteiger partial charge in [0, 0.05) is 13.0 Å². The van der Waals surface area contributed by atoms with Crippen LogP contribution in [0.15, 0.2) is 24.3 Å². The van der Waals surface area contributed by atoms with E-state index in [1.54, 1.807) is 6.08 Å². The first-order valence-electron chi connectivity index (χ1n) is 23.0. The number of carbonyl (C=O) groups is 1. The number of aliphatic hydroxyl groups is 1. The molecule has 0 aliphatic rings. The van der Waals surface area contributed by atoms with Crippen LogP contribution in [0, 0.1) is 0 Å². The van der Waals surface area contributed by atoms with Gasteiger partial charge in [-0.2, -0.15) is 0 Å². The molecule has 3 unspecified atom stereocenters. The summed E-state index contributed by atoms with van der Waals surface area (Å²) in [5.41, 5.74) is 5.38. The van der Waals surface area contributed by atoms with Gasteiger partial charge in [0.2, 0.25) is 5.91 Å². The lowest BCUT2D eigenvalue weighted by Crippen LogP contribution is -2.45. The van der Waals surface area contributed by atoms with Gasteiger partial charge in [-0.05, 0) is 44.9 Å². The van der Waals surface area contributed by atoms with E-state index in [0.29, 0.717) is 6.42 Å². The van der Waals surface area contributed by atoms with Gasteiger partial charge in [-0.3, -0.25) is 13.8 Å². The molecule has 54 heavy (non-hydrogen) atoms. The highest BCUT2D eigenvalue weighted by Gasteiger charge is 2.26. The van der Waals surface area contributed by atoms with E-state index in [2.05, 4.69) is 31.3 Å². The molecule has 0 heterocycles. The fourth-order valence-electron chi connectivity index (χ4n) is 6.77. The van der Waals surface area contributed by atoms with Gasteiger partial charge in [-0.25, -0.2) is 4.57 Å². The monoisotopic (exact) mass is 785 g/mol. The van der Waals surface area contributed by atoms with Crippen molar-refractivity contribution in [3.05, 3.63) is 24.3 Å². The minimum Gasteiger partial charge on any atom is -0.387 e. The molecule has 9 heteroatoms. The fraction of sp³-hybridized carbons (Fsp3) is 0.889. The van der Waals surface area contributed by atoms with Crippen LogP contribution in [0.4, 0.5) is 0 Å². The van der Waals surface area contributed by atoms with Gasteiger partial charge in [-0.1, -0.05) is 199 Å². The Kier molecular flexibility index (Phi) is 40.8. The van der Waals surface area contributed by atoms with Gasteiger partial charge >= 0.3 is 7.82 Å². The van der Waals surface area contributed by atoms with E-state index in [1.165, 1.54) is 167 Å². The first kappa shape index (κ1) is 53.0. The van der Waals surface area contributed by atoms with E-state index >= 15 is 0 Å². The number of rotatable bonds is 43. The van der Waals surface area contributed by atoms with Crippen molar-refractivity contribution in [1.29, 1.82) is 0 Å². The number of allylic oxidation sites excluding steroid dienone is 3. The molecule has 0 saturated carbocycles. The molecule has 0 aromatic heterocycles. The first-order chi connectivity index (χ1) is 26.4. The molecule has 0 rings (SSSR count). The lowest BCUT2D eigenvalue weighted by molar-refractivity contribution is -0.123. The van der Waals surface area contributed by atoms with Gasteiger partial charge in [0.1, 0.15) is 0 Å². The minimum absolute atomic E-state index is 0.0789. The number of hydrogen-bond acceptors (Lipinski definition) is 6. The molecule has 5 N–H and O–H groups in total. The Morgan fingerprint density at radius 3 is 1.37 bits per heavy atom. The molecule has 0 aliphatic heterocycles. The van der Waals surface area contributed by atoms with Crippen molar-refractivity contribution in [2.75, 3.05) is 19.8 Å². The minimum atomic E-state index is -4.34. The Bertz CT molecular complexity index is 901. The lowest BCUT2D eigenvalue weighted by atomic mass is 10.0. The lowest BCUT2D eigenvalue weighted by Gasteiger charge is -2.23. The average Bonchev–Trinajstić information content (AvgIpc) is 3.16. The van der Waals surface area contributed by atoms with Crippen LogP contribution in [0.1, 0.15) is 226 Å². The smallest absolute Gasteiger partial charge is 0.387 e. The topological polar surface area (TPSA) is 131 Å². The highest BCUT2D eigenvalue weighted by atomic mass is 31.2. The fourth-order valence-corrected chi connectivity index (χ4v) is 7.53. The highest BCUT2D eigenvalue weighted by Crippen LogP contribution is 2.43. The van der Waals surface area contributed by atoms with Crippen LogP contribution in [-0.2, 0) is 18.4 Å². The molecule has 0 radical (unpaired) electrons. The number of unbranched alkanes of at least 4 members (excludes halogenated alkanes) is 29. The molecule has 0 aromatic carbocycles. The van der Waals surface area contributed by atoms with Gasteiger partial charge < -0.3 is 21.1 Å². The van der Waals surface area contributed by atoms with E-state index in [4.69, 9.17) is 14.8 Å². The zero-order chi connectivity index (χ0) is 39.6. The summed E-state index contributed by atoms with van der Waals surface area (Å²) in [5.74, 6) is -0.197. The normalized spacial score (nSPS) is 14.2. The summed E-state index contributed by atoms with van der Waals surface area (Å²) in [4.78, 5) is 22.7. The van der Waals surface area contributed by atoms with Crippen LogP contribution in [0.2, 0.25) is 0 Å². The summed E-state index contributed by atoms with van der Waals surface area (Å²) in [6.07, 6.45) is 47.9. The molecule has 1 amide bonds. The Balaban J connectivity index is 4.18. The van der Waals surface area contributed by atoms with Gasteiger partial charge in [0.25, 0.3) is 0 Å². The van der Waals surface area contributed by atoms with Crippen LogP contribution in [0.3, 0.4) is 0 Å². The summed E-state index contributed by atoms with van der Waals surface area (Å²) in [5, 5.41) is 13.7. The maximum Gasteiger partial charge on any atom is 0.472 e. The summed E-state index contributed by atoms with van der Waals surface area (Å²) < 4.78 is 22.1. The molecule has 0 fully saturated rings. The zero-order valence-electron chi connectivity index (χ0n) is 35.5. The largest absolute Gasteiger partial charge is 0.472 e. The van der Waals surface area contributed by atoms with Crippen LogP contribution >= 0.6 is 7.82 Å². The number of nitrogens with one attached hydrogen (secondary N) is 1. The van der Waals surface area contributed by atoms with Crippen molar-refractivity contribution in [3.8, 4) is 0 Å². The van der Waals surface area contributed by atoms with Crippen molar-refractivity contribution >= 4 is 13.7 Å². The zero-order valence-corrected chi connectivity index (χ0v) is 36.4. The SMILES string of the molecule is CCCCCCCC/C=C\CCCCCCCCCC(=O)NC(COP(=O)(O)OCCN)C(O)/C=C/CCCCCCCCCCCCCCCCCC. The molecular formula is C45H89N2O6P. The molecular weight excluding hydrogens is 695 g/mol. The molecule has 0 spiro atoms. The molecule has 3 atom stereocenters. The highest BCUT2D eigenvalue weighted by molar-refractivity contribution is 7.47. The Hall–Kier alpha value is -1.02. The standard InChI is InChI=1S/C45H89N2O6P/c1-3-5-7-9-11-13-15-17-19-21-23-24-26-28-30-32-34-36-38-44(48)43(42-53-54(50,51)52-41-40-46)47-45(49)39-37-35-33-31-29-27-25-22-20-18-16-14-12-10-8-6-4-2/h18,20,36,38,43-44,48H,3-17,19,21-35,37,39-42,46H2,1-2H3,(H,47,49)(H,50,51)/b20-18-,38-36+. The molecule has 320 valence electrons. The van der Waals surface area contributed by atoms with Crippen molar-refractivity contribution in [2.45, 2.75) is 238 Å². The number of aliphatic hydroxyl groups excluding tert-OH is 1. The quantitative estimate of drug-likeness (QED) is 0.0275. The van der Waals surface area contributed by atoms with E-state index in [1.807, 2.05) is 6.08 Å². The van der Waals surface area contributed by atoms with Gasteiger partial charge in [-0.15, -0.1) is 0 Å². The number of amides is 1. The van der Waals surface area contributed by atoms with Gasteiger partial charge in [0.15, 0.2) is 0 Å². The molecule has 0 aromatic rings. The third kappa shape index (κ3) is 39.2. The third-order valence-electron chi connectivity index (χ3n) is 10.3. The van der Waals surface area contributed by atoms with E-state index in [9.17, 15) is 19.4 Å². The summed E-state index contributed by atoms with van der Waals surface area (Å²) >= 11 is 0. The summed E-state index contributed by atoms with van der Waals surface area (Å²) in [6.45, 7) is 4.15. The Morgan fingerprint density at radius 2 is 0.963 bits per heavy atom. The van der Waals surface area contributed by atoms with Crippen molar-refractivity contribution in [3.63, 3.8) is 0 Å². The van der Waals surface area contributed by atoms with Crippen LogP contribution in [-0.4, -0.2) is 47.8 Å². The third-order valence-corrected chi connectivity index (χ3v) is 11.3.